The van der Waals surface area contributed by atoms with Crippen molar-refractivity contribution in [3.63, 3.8) is 0 Å². The molecule has 4 nitrogen and oxygen atoms in total. The molecule has 0 aromatic carbocycles. The summed E-state index contributed by atoms with van der Waals surface area (Å²) in [6, 6.07) is 5.25. The Morgan fingerprint density at radius 1 is 1.22 bits per heavy atom. The summed E-state index contributed by atoms with van der Waals surface area (Å²) in [6.45, 7) is 0. The third-order valence-electron chi connectivity index (χ3n) is 2.66. The first-order chi connectivity index (χ1) is 8.56. The van der Waals surface area contributed by atoms with Crippen LogP contribution in [-0.2, 0) is 9.59 Å². The molecule has 0 amide bonds. The van der Waals surface area contributed by atoms with Crippen molar-refractivity contribution in [3.8, 4) is 0 Å². The van der Waals surface area contributed by atoms with Gasteiger partial charge in [0.2, 0.25) is 10.5 Å². The normalized spacial score (nSPS) is 17.1. The monoisotopic (exact) mass is 282 g/mol. The molecule has 0 saturated carbocycles. The highest BCUT2D eigenvalue weighted by Crippen LogP contribution is 2.36. The molecule has 18 heavy (non-hydrogen) atoms. The second-order valence-electron chi connectivity index (χ2n) is 3.78. The van der Waals surface area contributed by atoms with Crippen LogP contribution in [-0.4, -0.2) is 21.7 Å². The van der Waals surface area contributed by atoms with Gasteiger partial charge in [-0.25, -0.2) is 0 Å². The van der Waals surface area contributed by atoms with Crippen LogP contribution in [0.4, 0.5) is 0 Å². The minimum absolute atomic E-state index is 0.0635. The van der Waals surface area contributed by atoms with E-state index in [1.807, 2.05) is 0 Å². The van der Waals surface area contributed by atoms with E-state index in [4.69, 9.17) is 23.2 Å². The standard InChI is InChI=1S/C12H8Cl2N2O2/c13-10(17)12(11(14)18)4-6-16-9(7-12)8-3-1-2-5-15-8/h1-3,5-7H,4H2. The van der Waals surface area contributed by atoms with Gasteiger partial charge in [0.15, 0.2) is 0 Å². The molecular formula is C12H8Cl2N2O2. The molecule has 0 saturated heterocycles. The van der Waals surface area contributed by atoms with Gasteiger partial charge in [0.25, 0.3) is 0 Å². The van der Waals surface area contributed by atoms with Gasteiger partial charge in [-0.05, 0) is 41.4 Å². The molecule has 0 unspecified atom stereocenters. The highest BCUT2D eigenvalue weighted by molar-refractivity contribution is 6.75. The number of nitrogens with zero attached hydrogens (tertiary/aromatic N) is 2. The van der Waals surface area contributed by atoms with Crippen molar-refractivity contribution in [2.75, 3.05) is 0 Å². The van der Waals surface area contributed by atoms with Gasteiger partial charge < -0.3 is 0 Å². The molecule has 6 heteroatoms. The average Bonchev–Trinajstić information content (AvgIpc) is 2.39. The molecular weight excluding hydrogens is 275 g/mol. The summed E-state index contributed by atoms with van der Waals surface area (Å²) in [5, 5.41) is -1.64. The van der Waals surface area contributed by atoms with Crippen molar-refractivity contribution in [1.82, 2.24) is 4.98 Å². The first-order valence-electron chi connectivity index (χ1n) is 5.13. The Morgan fingerprint density at radius 3 is 2.50 bits per heavy atom. The molecule has 2 heterocycles. The van der Waals surface area contributed by atoms with E-state index >= 15 is 0 Å². The van der Waals surface area contributed by atoms with E-state index in [0.717, 1.165) is 0 Å². The summed E-state index contributed by atoms with van der Waals surface area (Å²) in [5.41, 5.74) is -0.587. The summed E-state index contributed by atoms with van der Waals surface area (Å²) in [7, 11) is 0. The first kappa shape index (κ1) is 12.9. The predicted molar refractivity (Wildman–Crippen MR) is 69.5 cm³/mol. The van der Waals surface area contributed by atoms with E-state index in [9.17, 15) is 9.59 Å². The fraction of sp³-hybridized carbons (Fsp3) is 0.167. The topological polar surface area (TPSA) is 59.4 Å². The van der Waals surface area contributed by atoms with Gasteiger partial charge in [0.05, 0.1) is 11.4 Å². The average molecular weight is 283 g/mol. The van der Waals surface area contributed by atoms with Crippen LogP contribution in [0.2, 0.25) is 0 Å². The number of carbonyl (C=O) groups excluding carboxylic acids is 2. The summed E-state index contributed by atoms with van der Waals surface area (Å²) in [6.07, 6.45) is 4.48. The highest BCUT2D eigenvalue weighted by Gasteiger charge is 2.43. The van der Waals surface area contributed by atoms with Gasteiger partial charge in [-0.3, -0.25) is 19.6 Å². The summed E-state index contributed by atoms with van der Waals surface area (Å²) < 4.78 is 0. The van der Waals surface area contributed by atoms with Gasteiger partial charge in [-0.1, -0.05) is 6.07 Å². The number of halogens is 2. The molecule has 0 fully saturated rings. The summed E-state index contributed by atoms with van der Waals surface area (Å²) in [5.74, 6) is 0. The van der Waals surface area contributed by atoms with Crippen LogP contribution in [0.15, 0.2) is 35.5 Å². The van der Waals surface area contributed by atoms with E-state index in [1.165, 1.54) is 12.3 Å². The number of aromatic nitrogens is 1. The van der Waals surface area contributed by atoms with Crippen LogP contribution >= 0.6 is 23.2 Å². The third kappa shape index (κ3) is 2.21. The van der Waals surface area contributed by atoms with Gasteiger partial charge in [0, 0.05) is 18.8 Å². The number of hydrogen-bond acceptors (Lipinski definition) is 4. The van der Waals surface area contributed by atoms with Crippen molar-refractivity contribution in [1.29, 1.82) is 0 Å². The fourth-order valence-electron chi connectivity index (χ4n) is 1.62. The quantitative estimate of drug-likeness (QED) is 0.632. The number of pyridine rings is 1. The molecule has 1 aliphatic rings. The van der Waals surface area contributed by atoms with Crippen molar-refractivity contribution in [3.05, 3.63) is 36.2 Å². The third-order valence-corrected chi connectivity index (χ3v) is 3.33. The van der Waals surface area contributed by atoms with E-state index in [1.54, 1.807) is 24.4 Å². The van der Waals surface area contributed by atoms with Gasteiger partial charge in [-0.15, -0.1) is 0 Å². The Labute approximate surface area is 113 Å². The van der Waals surface area contributed by atoms with Crippen LogP contribution in [0.5, 0.6) is 0 Å². The molecule has 0 spiro atoms. The number of aliphatic imine (C=N–C) groups is 1. The van der Waals surface area contributed by atoms with E-state index < -0.39 is 15.9 Å². The number of carbonyl (C=O) groups is 2. The van der Waals surface area contributed by atoms with Crippen molar-refractivity contribution < 1.29 is 9.59 Å². The highest BCUT2D eigenvalue weighted by atomic mass is 35.5. The Bertz CT molecular complexity index is 538. The van der Waals surface area contributed by atoms with Crippen molar-refractivity contribution in [2.45, 2.75) is 6.42 Å². The zero-order valence-corrected chi connectivity index (χ0v) is 10.6. The van der Waals surface area contributed by atoms with Crippen LogP contribution in [0.3, 0.4) is 0 Å². The minimum atomic E-state index is -1.54. The summed E-state index contributed by atoms with van der Waals surface area (Å²) >= 11 is 11.0. The molecule has 0 atom stereocenters. The second-order valence-corrected chi connectivity index (χ2v) is 4.47. The Hall–Kier alpha value is -1.52. The Kier molecular flexibility index (Phi) is 3.59. The number of hydrogen-bond donors (Lipinski definition) is 0. The van der Waals surface area contributed by atoms with Crippen molar-refractivity contribution >= 4 is 45.6 Å². The van der Waals surface area contributed by atoms with Crippen LogP contribution in [0, 0.1) is 5.41 Å². The minimum Gasteiger partial charge on any atom is -0.280 e. The maximum absolute atomic E-state index is 11.5. The first-order valence-corrected chi connectivity index (χ1v) is 5.88. The maximum atomic E-state index is 11.5. The number of allylic oxidation sites excluding steroid dienone is 1. The van der Waals surface area contributed by atoms with Gasteiger partial charge in [-0.2, -0.15) is 0 Å². The van der Waals surface area contributed by atoms with Crippen molar-refractivity contribution in [2.24, 2.45) is 10.4 Å². The Balaban J connectivity index is 2.50. The number of rotatable bonds is 3. The lowest BCUT2D eigenvalue weighted by Crippen LogP contribution is -2.34. The lowest BCUT2D eigenvalue weighted by atomic mass is 9.84. The smallest absolute Gasteiger partial charge is 0.240 e. The molecule has 0 bridgehead atoms. The maximum Gasteiger partial charge on any atom is 0.240 e. The molecule has 92 valence electrons. The van der Waals surface area contributed by atoms with Gasteiger partial charge >= 0.3 is 0 Å². The zero-order valence-electron chi connectivity index (χ0n) is 9.14. The van der Waals surface area contributed by atoms with Crippen LogP contribution in [0.1, 0.15) is 12.1 Å². The predicted octanol–water partition coefficient (Wildman–Crippen LogP) is 2.41. The van der Waals surface area contributed by atoms with E-state index in [0.29, 0.717) is 11.4 Å². The molecule has 2 rings (SSSR count). The molecule has 1 aromatic rings. The lowest BCUT2D eigenvalue weighted by molar-refractivity contribution is -0.127. The molecule has 0 N–H and O–H groups in total. The lowest BCUT2D eigenvalue weighted by Gasteiger charge is -2.23. The molecule has 1 aliphatic heterocycles. The van der Waals surface area contributed by atoms with Crippen LogP contribution in [0.25, 0.3) is 5.70 Å². The molecule has 0 radical (unpaired) electrons. The summed E-state index contributed by atoms with van der Waals surface area (Å²) in [4.78, 5) is 31.2. The van der Waals surface area contributed by atoms with E-state index in [-0.39, 0.29) is 6.42 Å². The fourth-order valence-corrected chi connectivity index (χ4v) is 2.11. The van der Waals surface area contributed by atoms with Gasteiger partial charge in [0.1, 0.15) is 5.41 Å². The second kappa shape index (κ2) is 5.00. The Morgan fingerprint density at radius 2 is 1.94 bits per heavy atom. The zero-order chi connectivity index (χ0) is 13.2. The SMILES string of the molecule is O=C(Cl)C1(C(=O)Cl)C=C(c2ccccn2)N=CC1. The van der Waals surface area contributed by atoms with Crippen LogP contribution < -0.4 is 0 Å². The van der Waals surface area contributed by atoms with E-state index in [2.05, 4.69) is 9.98 Å². The molecule has 0 aliphatic carbocycles. The molecule has 1 aromatic heterocycles. The largest absolute Gasteiger partial charge is 0.280 e.